The molecule has 0 bridgehead atoms. The van der Waals surface area contributed by atoms with Crippen molar-refractivity contribution in [1.29, 1.82) is 0 Å². The highest BCUT2D eigenvalue weighted by Crippen LogP contribution is 2.29. The Balaban J connectivity index is 1.84. The van der Waals surface area contributed by atoms with Gasteiger partial charge in [-0.05, 0) is 63.5 Å². The van der Waals surface area contributed by atoms with Crippen LogP contribution in [-0.4, -0.2) is 51.2 Å². The number of aromatic amines is 1. The minimum atomic E-state index is -0.500. The average molecular weight is 380 g/mol. The lowest BCUT2D eigenvalue weighted by atomic mass is 10.1. The third kappa shape index (κ3) is 3.34. The number of fused-ring (bicyclic) bond motifs is 2. The number of rotatable bonds is 6. The summed E-state index contributed by atoms with van der Waals surface area (Å²) in [5, 5.41) is 5.51. The summed E-state index contributed by atoms with van der Waals surface area (Å²) in [6.45, 7) is 1.65. The number of hydrogen-bond acceptors (Lipinski definition) is 4. The molecule has 1 amide bonds. The van der Waals surface area contributed by atoms with E-state index in [-0.39, 0.29) is 5.82 Å². The first-order chi connectivity index (χ1) is 13.4. The number of nitrogens with two attached hydrogens (primary N) is 1. The van der Waals surface area contributed by atoms with Gasteiger partial charge in [0.1, 0.15) is 11.5 Å². The number of imidazole rings is 1. The van der Waals surface area contributed by atoms with Crippen molar-refractivity contribution in [3.63, 3.8) is 0 Å². The molecule has 0 saturated carbocycles. The van der Waals surface area contributed by atoms with Crippen LogP contribution in [0.5, 0.6) is 0 Å². The Morgan fingerprint density at radius 2 is 2.07 bits per heavy atom. The van der Waals surface area contributed by atoms with Crippen LogP contribution in [0.4, 0.5) is 4.39 Å². The Morgan fingerprint density at radius 3 is 2.82 bits per heavy atom. The maximum atomic E-state index is 13.5. The van der Waals surface area contributed by atoms with Gasteiger partial charge in [0.05, 0.1) is 16.6 Å². The molecular weight excluding hydrogens is 359 g/mol. The van der Waals surface area contributed by atoms with Gasteiger partial charge in [0.15, 0.2) is 5.82 Å². The normalized spacial score (nSPS) is 11.7. The SMILES string of the molecule is CN(C)CCCn1nc(-c2nc3ccc(F)cc3[nH]2)c2cc(C(N)=O)ccc21. The van der Waals surface area contributed by atoms with E-state index in [9.17, 15) is 9.18 Å². The summed E-state index contributed by atoms with van der Waals surface area (Å²) in [4.78, 5) is 21.4. The van der Waals surface area contributed by atoms with Crippen LogP contribution in [0.1, 0.15) is 16.8 Å². The lowest BCUT2D eigenvalue weighted by Gasteiger charge is -2.09. The number of H-pyrrole nitrogens is 1. The first-order valence-corrected chi connectivity index (χ1v) is 9.03. The molecule has 28 heavy (non-hydrogen) atoms. The number of nitrogens with zero attached hydrogens (tertiary/aromatic N) is 4. The molecule has 7 nitrogen and oxygen atoms in total. The predicted molar refractivity (Wildman–Crippen MR) is 106 cm³/mol. The summed E-state index contributed by atoms with van der Waals surface area (Å²) < 4.78 is 15.4. The number of primary amides is 1. The van der Waals surface area contributed by atoms with Crippen molar-refractivity contribution in [2.75, 3.05) is 20.6 Å². The van der Waals surface area contributed by atoms with E-state index in [0.29, 0.717) is 28.1 Å². The van der Waals surface area contributed by atoms with Crippen LogP contribution in [0.25, 0.3) is 33.5 Å². The Morgan fingerprint density at radius 1 is 1.25 bits per heavy atom. The molecule has 144 valence electrons. The van der Waals surface area contributed by atoms with Crippen molar-refractivity contribution in [2.24, 2.45) is 5.73 Å². The zero-order valence-corrected chi connectivity index (χ0v) is 15.7. The number of carbonyl (C=O) groups excluding carboxylic acids is 1. The summed E-state index contributed by atoms with van der Waals surface area (Å²) in [7, 11) is 4.05. The van der Waals surface area contributed by atoms with Crippen LogP contribution in [0, 0.1) is 5.82 Å². The van der Waals surface area contributed by atoms with E-state index in [1.54, 1.807) is 18.2 Å². The maximum absolute atomic E-state index is 13.5. The second-order valence-electron chi connectivity index (χ2n) is 7.07. The summed E-state index contributed by atoms with van der Waals surface area (Å²) >= 11 is 0. The molecule has 0 spiro atoms. The summed E-state index contributed by atoms with van der Waals surface area (Å²) in [5.41, 5.74) is 8.61. The van der Waals surface area contributed by atoms with Gasteiger partial charge in [0.2, 0.25) is 5.91 Å². The fraction of sp³-hybridized carbons (Fsp3) is 0.250. The highest BCUT2D eigenvalue weighted by molar-refractivity contribution is 6.01. The van der Waals surface area contributed by atoms with Crippen molar-refractivity contribution >= 4 is 27.8 Å². The van der Waals surface area contributed by atoms with Gasteiger partial charge < -0.3 is 15.6 Å². The minimum Gasteiger partial charge on any atom is -0.366 e. The van der Waals surface area contributed by atoms with Gasteiger partial charge in [-0.25, -0.2) is 9.37 Å². The van der Waals surface area contributed by atoms with Crippen LogP contribution in [0.15, 0.2) is 36.4 Å². The second kappa shape index (κ2) is 7.05. The van der Waals surface area contributed by atoms with Crippen LogP contribution in [0.2, 0.25) is 0 Å². The van der Waals surface area contributed by atoms with Gasteiger partial charge >= 0.3 is 0 Å². The van der Waals surface area contributed by atoms with E-state index in [4.69, 9.17) is 10.8 Å². The van der Waals surface area contributed by atoms with Gasteiger partial charge in [0, 0.05) is 17.5 Å². The third-order valence-corrected chi connectivity index (χ3v) is 4.68. The molecule has 0 atom stereocenters. The molecule has 0 aliphatic heterocycles. The van der Waals surface area contributed by atoms with Crippen LogP contribution >= 0.6 is 0 Å². The van der Waals surface area contributed by atoms with Crippen LogP contribution in [0.3, 0.4) is 0 Å². The van der Waals surface area contributed by atoms with E-state index in [0.717, 1.165) is 30.4 Å². The van der Waals surface area contributed by atoms with Gasteiger partial charge in [-0.15, -0.1) is 0 Å². The lowest BCUT2D eigenvalue weighted by molar-refractivity contribution is 0.100. The van der Waals surface area contributed by atoms with Crippen LogP contribution in [-0.2, 0) is 6.54 Å². The Kier molecular flexibility index (Phi) is 4.56. The molecule has 0 aliphatic carbocycles. The monoisotopic (exact) mass is 380 g/mol. The van der Waals surface area contributed by atoms with Gasteiger partial charge in [0.25, 0.3) is 0 Å². The molecule has 0 fully saturated rings. The van der Waals surface area contributed by atoms with Crippen LogP contribution < -0.4 is 5.73 Å². The van der Waals surface area contributed by atoms with E-state index in [1.807, 2.05) is 24.8 Å². The second-order valence-corrected chi connectivity index (χ2v) is 7.07. The number of aryl methyl sites for hydroxylation is 1. The van der Waals surface area contributed by atoms with Gasteiger partial charge in [-0.3, -0.25) is 9.48 Å². The molecule has 8 heteroatoms. The van der Waals surface area contributed by atoms with Crippen molar-refractivity contribution in [1.82, 2.24) is 24.6 Å². The Bertz CT molecular complexity index is 1180. The molecule has 0 radical (unpaired) electrons. The topological polar surface area (TPSA) is 92.8 Å². The smallest absolute Gasteiger partial charge is 0.248 e. The number of carbonyl (C=O) groups is 1. The van der Waals surface area contributed by atoms with E-state index in [1.165, 1.54) is 12.1 Å². The number of hydrogen-bond donors (Lipinski definition) is 2. The fourth-order valence-electron chi connectivity index (χ4n) is 3.31. The zero-order valence-electron chi connectivity index (χ0n) is 15.7. The number of halogens is 1. The quantitative estimate of drug-likeness (QED) is 0.538. The lowest BCUT2D eigenvalue weighted by Crippen LogP contribution is -2.15. The highest BCUT2D eigenvalue weighted by atomic mass is 19.1. The predicted octanol–water partition coefficient (Wildman–Crippen LogP) is 2.77. The van der Waals surface area contributed by atoms with Crippen molar-refractivity contribution in [3.05, 3.63) is 47.8 Å². The third-order valence-electron chi connectivity index (χ3n) is 4.68. The molecule has 0 saturated heterocycles. The molecule has 2 aromatic carbocycles. The van der Waals surface area contributed by atoms with Crippen molar-refractivity contribution < 1.29 is 9.18 Å². The largest absolute Gasteiger partial charge is 0.366 e. The van der Waals surface area contributed by atoms with Crippen molar-refractivity contribution in [3.8, 4) is 11.5 Å². The number of benzene rings is 2. The van der Waals surface area contributed by atoms with E-state index in [2.05, 4.69) is 14.9 Å². The Labute approximate surface area is 161 Å². The molecule has 2 heterocycles. The van der Waals surface area contributed by atoms with E-state index >= 15 is 0 Å². The first-order valence-electron chi connectivity index (χ1n) is 9.03. The fourth-order valence-corrected chi connectivity index (χ4v) is 3.31. The molecule has 4 rings (SSSR count). The van der Waals surface area contributed by atoms with Gasteiger partial charge in [-0.1, -0.05) is 0 Å². The van der Waals surface area contributed by atoms with Gasteiger partial charge in [-0.2, -0.15) is 5.10 Å². The number of aromatic nitrogens is 4. The molecule has 0 unspecified atom stereocenters. The standard InChI is InChI=1S/C20H21FN6O/c1-26(2)8-3-9-27-17-7-4-12(19(22)28)10-14(17)18(25-27)20-23-15-6-5-13(21)11-16(15)24-20/h4-7,10-11H,3,8-9H2,1-2H3,(H2,22,28)(H,23,24). The molecule has 4 aromatic rings. The first kappa shape index (κ1) is 18.1. The average Bonchev–Trinajstić information content (AvgIpc) is 3.22. The number of nitrogens with one attached hydrogen (secondary N) is 1. The van der Waals surface area contributed by atoms with Crippen molar-refractivity contribution in [2.45, 2.75) is 13.0 Å². The molecule has 2 aromatic heterocycles. The Hall–Kier alpha value is -3.26. The summed E-state index contributed by atoms with van der Waals surface area (Å²) in [5.74, 6) is -0.309. The molecule has 3 N–H and O–H groups in total. The zero-order chi connectivity index (χ0) is 19.8. The minimum absolute atomic E-state index is 0.335. The molecular formula is C20H21FN6O. The van der Waals surface area contributed by atoms with E-state index < -0.39 is 5.91 Å². The molecule has 0 aliphatic rings. The summed E-state index contributed by atoms with van der Waals surface area (Å²) in [6, 6.07) is 9.68. The number of amides is 1. The highest BCUT2D eigenvalue weighted by Gasteiger charge is 2.17. The summed E-state index contributed by atoms with van der Waals surface area (Å²) in [6.07, 6.45) is 0.923. The maximum Gasteiger partial charge on any atom is 0.248 e.